The van der Waals surface area contributed by atoms with Crippen molar-refractivity contribution < 1.29 is 9.53 Å². The van der Waals surface area contributed by atoms with Crippen LogP contribution in [0.4, 0.5) is 0 Å². The number of H-pyrrole nitrogens is 1. The molecule has 112 valence electrons. The zero-order chi connectivity index (χ0) is 15.4. The Morgan fingerprint density at radius 1 is 1.41 bits per heavy atom. The summed E-state index contributed by atoms with van der Waals surface area (Å²) in [4.78, 5) is 20.6. The van der Waals surface area contributed by atoms with Gasteiger partial charge in [-0.25, -0.2) is 0 Å². The summed E-state index contributed by atoms with van der Waals surface area (Å²) in [5.41, 5.74) is 1.58. The first kappa shape index (κ1) is 14.7. The number of methoxy groups -OCH3 is 1. The number of rotatable bonds is 5. The number of aromatic amines is 1. The van der Waals surface area contributed by atoms with Crippen molar-refractivity contribution in [1.29, 1.82) is 0 Å². The van der Waals surface area contributed by atoms with Crippen molar-refractivity contribution in [3.8, 4) is 11.5 Å². The van der Waals surface area contributed by atoms with Crippen molar-refractivity contribution in [2.75, 3.05) is 7.11 Å². The molecule has 8 heteroatoms. The Morgan fingerprint density at radius 2 is 2.32 bits per heavy atom. The fourth-order valence-corrected chi connectivity index (χ4v) is 3.51. The number of nitrogens with zero attached hydrogens (tertiary/aromatic N) is 3. The highest BCUT2D eigenvalue weighted by Gasteiger charge is 2.25. The Labute approximate surface area is 135 Å². The molecule has 0 aliphatic heterocycles. The lowest BCUT2D eigenvalue weighted by molar-refractivity contribution is -0.140. The molecule has 0 amide bonds. The number of hydrogen-bond acceptors (Lipinski definition) is 7. The average Bonchev–Trinajstić information content (AvgIpc) is 3.24. The van der Waals surface area contributed by atoms with Gasteiger partial charge in [0.1, 0.15) is 10.9 Å². The van der Waals surface area contributed by atoms with E-state index in [2.05, 4.69) is 20.2 Å². The van der Waals surface area contributed by atoms with Gasteiger partial charge in [-0.1, -0.05) is 17.8 Å². The summed E-state index contributed by atoms with van der Waals surface area (Å²) in [6.45, 7) is 0. The molecule has 22 heavy (non-hydrogen) atoms. The van der Waals surface area contributed by atoms with E-state index >= 15 is 0 Å². The fraction of sp³-hybridized carbons (Fsp3) is 0.143. The minimum Gasteiger partial charge on any atom is -0.468 e. The lowest BCUT2D eigenvalue weighted by Crippen LogP contribution is -2.10. The van der Waals surface area contributed by atoms with Crippen molar-refractivity contribution in [2.24, 2.45) is 0 Å². The number of pyridine rings is 1. The number of carbonyl (C=O) groups is 1. The Morgan fingerprint density at radius 3 is 3.00 bits per heavy atom. The molecule has 0 bridgehead atoms. The molecule has 0 saturated heterocycles. The Balaban J connectivity index is 1.82. The van der Waals surface area contributed by atoms with Gasteiger partial charge in [0.05, 0.1) is 7.11 Å². The number of hydrogen-bond donors (Lipinski definition) is 1. The fourth-order valence-electron chi connectivity index (χ4n) is 1.81. The monoisotopic (exact) mass is 332 g/mol. The molecule has 0 aliphatic carbocycles. The SMILES string of the molecule is COC(=O)[C@H](Sc1n[nH]c(-c2ccccn2)n1)c1ccsc1. The average molecular weight is 332 g/mol. The van der Waals surface area contributed by atoms with Crippen LogP contribution in [0.15, 0.2) is 46.4 Å². The van der Waals surface area contributed by atoms with Crippen LogP contribution in [-0.4, -0.2) is 33.2 Å². The zero-order valence-corrected chi connectivity index (χ0v) is 13.2. The summed E-state index contributed by atoms with van der Waals surface area (Å²) in [6.07, 6.45) is 1.69. The van der Waals surface area contributed by atoms with Gasteiger partial charge in [-0.15, -0.1) is 5.10 Å². The van der Waals surface area contributed by atoms with Crippen LogP contribution < -0.4 is 0 Å². The van der Waals surface area contributed by atoms with Crippen molar-refractivity contribution in [1.82, 2.24) is 20.2 Å². The molecule has 0 aliphatic rings. The van der Waals surface area contributed by atoms with E-state index in [0.717, 1.165) is 5.56 Å². The van der Waals surface area contributed by atoms with Crippen LogP contribution in [0.25, 0.3) is 11.5 Å². The lowest BCUT2D eigenvalue weighted by atomic mass is 10.2. The summed E-state index contributed by atoms with van der Waals surface area (Å²) >= 11 is 2.77. The zero-order valence-electron chi connectivity index (χ0n) is 11.6. The summed E-state index contributed by atoms with van der Waals surface area (Å²) in [5, 5.41) is 10.8. The number of nitrogens with one attached hydrogen (secondary N) is 1. The third kappa shape index (κ3) is 3.18. The Hall–Kier alpha value is -2.19. The quantitative estimate of drug-likeness (QED) is 0.571. The highest BCUT2D eigenvalue weighted by molar-refractivity contribution is 8.00. The summed E-state index contributed by atoms with van der Waals surface area (Å²) in [5.74, 6) is 0.240. The van der Waals surface area contributed by atoms with Crippen LogP contribution in [-0.2, 0) is 9.53 Å². The minimum atomic E-state index is -0.483. The number of aromatic nitrogens is 4. The third-order valence-corrected chi connectivity index (χ3v) is 4.65. The highest BCUT2D eigenvalue weighted by Crippen LogP contribution is 2.35. The van der Waals surface area contributed by atoms with Gasteiger partial charge in [0.25, 0.3) is 0 Å². The maximum atomic E-state index is 12.0. The molecule has 0 saturated carbocycles. The minimum absolute atomic E-state index is 0.326. The van der Waals surface area contributed by atoms with Crippen molar-refractivity contribution in [2.45, 2.75) is 10.4 Å². The molecule has 0 aromatic carbocycles. The molecule has 0 radical (unpaired) electrons. The molecule has 1 N–H and O–H groups in total. The van der Waals surface area contributed by atoms with Gasteiger partial charge >= 0.3 is 5.97 Å². The first-order valence-corrected chi connectivity index (χ1v) is 8.20. The van der Waals surface area contributed by atoms with Crippen LogP contribution in [0.5, 0.6) is 0 Å². The molecule has 3 heterocycles. The second-order valence-electron chi connectivity index (χ2n) is 4.26. The normalized spacial score (nSPS) is 12.0. The van der Waals surface area contributed by atoms with Gasteiger partial charge in [0, 0.05) is 6.20 Å². The molecule has 0 unspecified atom stereocenters. The maximum absolute atomic E-state index is 12.0. The summed E-state index contributed by atoms with van der Waals surface area (Å²) in [7, 11) is 1.37. The second-order valence-corrected chi connectivity index (χ2v) is 6.11. The van der Waals surface area contributed by atoms with Crippen LogP contribution in [0.1, 0.15) is 10.8 Å². The van der Waals surface area contributed by atoms with Crippen LogP contribution >= 0.6 is 23.1 Å². The van der Waals surface area contributed by atoms with E-state index in [1.807, 2.05) is 35.0 Å². The Bertz CT molecular complexity index is 743. The van der Waals surface area contributed by atoms with E-state index < -0.39 is 5.25 Å². The van der Waals surface area contributed by atoms with Crippen LogP contribution in [0.3, 0.4) is 0 Å². The summed E-state index contributed by atoms with van der Waals surface area (Å²) in [6, 6.07) is 7.44. The molecular formula is C14H12N4O2S2. The molecule has 0 spiro atoms. The highest BCUT2D eigenvalue weighted by atomic mass is 32.2. The number of esters is 1. The molecule has 3 rings (SSSR count). The van der Waals surface area contributed by atoms with Gasteiger partial charge in [-0.3, -0.25) is 14.9 Å². The molecule has 0 fully saturated rings. The first-order chi connectivity index (χ1) is 10.8. The number of carbonyl (C=O) groups excluding carboxylic acids is 1. The van der Waals surface area contributed by atoms with Crippen molar-refractivity contribution in [3.63, 3.8) is 0 Å². The van der Waals surface area contributed by atoms with Gasteiger partial charge in [-0.2, -0.15) is 16.3 Å². The molecular weight excluding hydrogens is 320 g/mol. The van der Waals surface area contributed by atoms with Crippen LogP contribution in [0.2, 0.25) is 0 Å². The van der Waals surface area contributed by atoms with E-state index in [9.17, 15) is 4.79 Å². The van der Waals surface area contributed by atoms with E-state index in [-0.39, 0.29) is 5.97 Å². The van der Waals surface area contributed by atoms with Gasteiger partial charge in [-0.05, 0) is 34.5 Å². The smallest absolute Gasteiger partial charge is 0.323 e. The number of ether oxygens (including phenoxy) is 1. The van der Waals surface area contributed by atoms with Gasteiger partial charge < -0.3 is 4.74 Å². The van der Waals surface area contributed by atoms with E-state index in [4.69, 9.17) is 4.74 Å². The second kappa shape index (κ2) is 6.71. The largest absolute Gasteiger partial charge is 0.468 e. The predicted octanol–water partition coefficient (Wildman–Crippen LogP) is 2.93. The molecule has 3 aromatic heterocycles. The molecule has 3 aromatic rings. The van der Waals surface area contributed by atoms with E-state index in [0.29, 0.717) is 16.7 Å². The molecule has 1 atom stereocenters. The first-order valence-electron chi connectivity index (χ1n) is 6.38. The van der Waals surface area contributed by atoms with Gasteiger partial charge in [0.15, 0.2) is 5.82 Å². The van der Waals surface area contributed by atoms with Crippen molar-refractivity contribution >= 4 is 29.1 Å². The lowest BCUT2D eigenvalue weighted by Gasteiger charge is -2.10. The Kier molecular flexibility index (Phi) is 4.50. The summed E-state index contributed by atoms with van der Waals surface area (Å²) < 4.78 is 4.87. The van der Waals surface area contributed by atoms with Gasteiger partial charge in [0.2, 0.25) is 5.16 Å². The molecule has 6 nitrogen and oxygen atoms in total. The third-order valence-electron chi connectivity index (χ3n) is 2.86. The van der Waals surface area contributed by atoms with E-state index in [1.54, 1.807) is 6.20 Å². The van der Waals surface area contributed by atoms with E-state index in [1.165, 1.54) is 30.2 Å². The number of thiophene rings is 1. The standard InChI is InChI=1S/C14H12N4O2S2/c1-20-13(19)11(9-5-7-21-8-9)22-14-16-12(17-18-14)10-4-2-3-6-15-10/h2-8,11H,1H3,(H,16,17,18)/t11-/m1/s1. The number of thioether (sulfide) groups is 1. The predicted molar refractivity (Wildman–Crippen MR) is 84.5 cm³/mol. The van der Waals surface area contributed by atoms with Crippen molar-refractivity contribution in [3.05, 3.63) is 46.8 Å². The topological polar surface area (TPSA) is 80.8 Å². The maximum Gasteiger partial charge on any atom is 0.323 e. The van der Waals surface area contributed by atoms with Crippen LogP contribution in [0, 0.1) is 0 Å².